The molecule has 14 heavy (non-hydrogen) atoms. The Kier molecular flexibility index (Phi) is 4.58. The first-order valence-corrected chi connectivity index (χ1v) is 5.94. The Bertz CT molecular complexity index is 272. The maximum atomic E-state index is 6.03. The minimum atomic E-state index is 0.0729. The summed E-state index contributed by atoms with van der Waals surface area (Å²) in [5, 5.41) is 0. The van der Waals surface area contributed by atoms with Crippen molar-refractivity contribution in [3.05, 3.63) is 21.9 Å². The van der Waals surface area contributed by atoms with Crippen molar-refractivity contribution < 1.29 is 4.74 Å². The topological polar surface area (TPSA) is 35.2 Å². The number of nitrogens with two attached hydrogens (primary N) is 1. The highest BCUT2D eigenvalue weighted by atomic mass is 32.1. The van der Waals surface area contributed by atoms with E-state index in [4.69, 9.17) is 10.5 Å². The van der Waals surface area contributed by atoms with Crippen molar-refractivity contribution in [3.63, 3.8) is 0 Å². The Balaban J connectivity index is 2.76. The highest BCUT2D eigenvalue weighted by Gasteiger charge is 2.19. The van der Waals surface area contributed by atoms with Crippen LogP contribution in [0.1, 0.15) is 36.1 Å². The molecule has 1 aromatic rings. The summed E-state index contributed by atoms with van der Waals surface area (Å²) in [6.07, 6.45) is 1.02. The summed E-state index contributed by atoms with van der Waals surface area (Å²) < 4.78 is 5.68. The summed E-state index contributed by atoms with van der Waals surface area (Å²) in [6.45, 7) is 6.93. The molecule has 0 amide bonds. The molecular weight excluding hydrogens is 194 g/mol. The molecule has 0 aromatic carbocycles. The predicted octanol–water partition coefficient (Wildman–Crippen LogP) is 2.87. The van der Waals surface area contributed by atoms with Crippen LogP contribution in [-0.4, -0.2) is 12.6 Å². The number of thiophene rings is 1. The number of hydrogen-bond donors (Lipinski definition) is 1. The Hall–Kier alpha value is -0.380. The van der Waals surface area contributed by atoms with Crippen LogP contribution in [0.3, 0.4) is 0 Å². The molecule has 0 radical (unpaired) electrons. The first kappa shape index (κ1) is 11.7. The van der Waals surface area contributed by atoms with E-state index < -0.39 is 0 Å². The van der Waals surface area contributed by atoms with Gasteiger partial charge in [0.2, 0.25) is 0 Å². The van der Waals surface area contributed by atoms with Gasteiger partial charge < -0.3 is 10.5 Å². The summed E-state index contributed by atoms with van der Waals surface area (Å²) in [6, 6.07) is 4.34. The monoisotopic (exact) mass is 213 g/mol. The van der Waals surface area contributed by atoms with E-state index in [1.54, 1.807) is 11.3 Å². The number of ether oxygens (including phenoxy) is 1. The summed E-state index contributed by atoms with van der Waals surface area (Å²) in [4.78, 5) is 2.56. The van der Waals surface area contributed by atoms with Crippen LogP contribution in [0.2, 0.25) is 0 Å². The van der Waals surface area contributed by atoms with Crippen LogP contribution in [0, 0.1) is 6.92 Å². The van der Waals surface area contributed by atoms with Crippen molar-refractivity contribution >= 4 is 11.3 Å². The van der Waals surface area contributed by atoms with E-state index in [2.05, 4.69) is 26.0 Å². The summed E-state index contributed by atoms with van der Waals surface area (Å²) in [5.41, 5.74) is 6.03. The van der Waals surface area contributed by atoms with E-state index in [1.165, 1.54) is 9.75 Å². The van der Waals surface area contributed by atoms with Crippen molar-refractivity contribution in [1.29, 1.82) is 0 Å². The van der Waals surface area contributed by atoms with Crippen LogP contribution < -0.4 is 5.73 Å². The Labute approximate surface area is 90.1 Å². The van der Waals surface area contributed by atoms with Gasteiger partial charge in [0.15, 0.2) is 0 Å². The molecule has 0 aliphatic heterocycles. The maximum Gasteiger partial charge on any atom is 0.107 e. The second-order valence-corrected chi connectivity index (χ2v) is 4.72. The molecule has 2 N–H and O–H groups in total. The molecule has 2 nitrogen and oxygen atoms in total. The summed E-state index contributed by atoms with van der Waals surface area (Å²) in [7, 11) is 0. The van der Waals surface area contributed by atoms with Crippen LogP contribution in [0.25, 0.3) is 0 Å². The number of aryl methyl sites for hydroxylation is 1. The quantitative estimate of drug-likeness (QED) is 0.816. The molecule has 0 bridgehead atoms. The third-order valence-corrected chi connectivity index (χ3v) is 3.31. The van der Waals surface area contributed by atoms with E-state index >= 15 is 0 Å². The molecule has 3 heteroatoms. The van der Waals surface area contributed by atoms with Crippen molar-refractivity contribution in [2.45, 2.75) is 39.3 Å². The molecule has 0 fully saturated rings. The molecule has 1 rings (SSSR count). The summed E-state index contributed by atoms with van der Waals surface area (Å²) in [5.74, 6) is 0. The molecule has 0 aliphatic carbocycles. The summed E-state index contributed by atoms with van der Waals surface area (Å²) >= 11 is 1.77. The fourth-order valence-electron chi connectivity index (χ4n) is 1.42. The van der Waals surface area contributed by atoms with Gasteiger partial charge in [0.1, 0.15) is 6.10 Å². The zero-order chi connectivity index (χ0) is 10.6. The molecule has 80 valence electrons. The predicted molar refractivity (Wildman–Crippen MR) is 61.7 cm³/mol. The Morgan fingerprint density at radius 2 is 2.14 bits per heavy atom. The lowest BCUT2D eigenvalue weighted by atomic mass is 10.1. The van der Waals surface area contributed by atoms with E-state index in [9.17, 15) is 0 Å². The van der Waals surface area contributed by atoms with Crippen molar-refractivity contribution in [1.82, 2.24) is 0 Å². The first-order chi connectivity index (χ1) is 6.69. The Morgan fingerprint density at radius 1 is 1.43 bits per heavy atom. The molecule has 0 saturated heterocycles. The average Bonchev–Trinajstić information content (AvgIpc) is 2.60. The largest absolute Gasteiger partial charge is 0.371 e. The van der Waals surface area contributed by atoms with Crippen LogP contribution in [0.15, 0.2) is 12.1 Å². The second kappa shape index (κ2) is 5.49. The maximum absolute atomic E-state index is 6.03. The molecular formula is C11H19NOS. The van der Waals surface area contributed by atoms with Crippen LogP contribution in [0.4, 0.5) is 0 Å². The number of hydrogen-bond acceptors (Lipinski definition) is 3. The van der Waals surface area contributed by atoms with Gasteiger partial charge in [-0.15, -0.1) is 11.3 Å². The molecule has 0 spiro atoms. The highest BCUT2D eigenvalue weighted by Crippen LogP contribution is 2.28. The van der Waals surface area contributed by atoms with Gasteiger partial charge in [-0.2, -0.15) is 0 Å². The van der Waals surface area contributed by atoms with Gasteiger partial charge >= 0.3 is 0 Å². The zero-order valence-corrected chi connectivity index (χ0v) is 9.93. The fourth-order valence-corrected chi connectivity index (χ4v) is 2.42. The zero-order valence-electron chi connectivity index (χ0n) is 9.12. The second-order valence-electron chi connectivity index (χ2n) is 3.40. The van der Waals surface area contributed by atoms with Gasteiger partial charge in [0, 0.05) is 22.4 Å². The lowest BCUT2D eigenvalue weighted by molar-refractivity contribution is 0.0449. The molecule has 1 heterocycles. The van der Waals surface area contributed by atoms with E-state index in [1.807, 2.05) is 6.92 Å². The molecule has 0 saturated carbocycles. The van der Waals surface area contributed by atoms with E-state index in [-0.39, 0.29) is 12.1 Å². The Morgan fingerprint density at radius 3 is 2.57 bits per heavy atom. The molecule has 1 aromatic heterocycles. The lowest BCUT2D eigenvalue weighted by Gasteiger charge is -2.21. The minimum Gasteiger partial charge on any atom is -0.371 e. The van der Waals surface area contributed by atoms with Gasteiger partial charge in [0.25, 0.3) is 0 Å². The molecule has 0 aliphatic rings. The van der Waals surface area contributed by atoms with Gasteiger partial charge in [-0.1, -0.05) is 6.92 Å². The van der Waals surface area contributed by atoms with E-state index in [0.717, 1.165) is 13.0 Å². The highest BCUT2D eigenvalue weighted by molar-refractivity contribution is 7.12. The van der Waals surface area contributed by atoms with Crippen molar-refractivity contribution in [2.24, 2.45) is 5.73 Å². The van der Waals surface area contributed by atoms with Gasteiger partial charge in [-0.05, 0) is 32.4 Å². The average molecular weight is 213 g/mol. The normalized spacial score (nSPS) is 15.4. The number of rotatable bonds is 5. The van der Waals surface area contributed by atoms with Crippen LogP contribution >= 0.6 is 11.3 Å². The van der Waals surface area contributed by atoms with E-state index in [0.29, 0.717) is 0 Å². The SMILES string of the molecule is CCOC(c1ccc(C)s1)C(N)CC. The van der Waals surface area contributed by atoms with Crippen molar-refractivity contribution in [3.8, 4) is 0 Å². The minimum absolute atomic E-state index is 0.0729. The first-order valence-electron chi connectivity index (χ1n) is 5.12. The lowest BCUT2D eigenvalue weighted by Crippen LogP contribution is -2.29. The van der Waals surface area contributed by atoms with Crippen LogP contribution in [0.5, 0.6) is 0 Å². The molecule has 2 unspecified atom stereocenters. The smallest absolute Gasteiger partial charge is 0.107 e. The molecule has 2 atom stereocenters. The van der Waals surface area contributed by atoms with Crippen molar-refractivity contribution in [2.75, 3.05) is 6.61 Å². The standard InChI is InChI=1S/C11H19NOS/c1-4-9(12)11(13-5-2)10-7-6-8(3)14-10/h6-7,9,11H,4-5,12H2,1-3H3. The fraction of sp³-hybridized carbons (Fsp3) is 0.636. The third-order valence-electron chi connectivity index (χ3n) is 2.25. The van der Waals surface area contributed by atoms with Gasteiger partial charge in [-0.25, -0.2) is 0 Å². The van der Waals surface area contributed by atoms with Crippen LogP contribution in [-0.2, 0) is 4.74 Å². The van der Waals surface area contributed by atoms with Gasteiger partial charge in [-0.3, -0.25) is 0 Å². The van der Waals surface area contributed by atoms with Gasteiger partial charge in [0.05, 0.1) is 0 Å². The third kappa shape index (κ3) is 2.80.